The Balaban J connectivity index is 1.71. The maximum Gasteiger partial charge on any atom is 0.336 e. The molecular formula is C32H34N2O9. The quantitative estimate of drug-likeness (QED) is 0.167. The fourth-order valence-electron chi connectivity index (χ4n) is 5.40. The number of hydrogen-bond acceptors (Lipinski definition) is 11. The molecule has 2 aliphatic rings. The van der Waals surface area contributed by atoms with Crippen LogP contribution < -0.4 is 21.2 Å². The van der Waals surface area contributed by atoms with Gasteiger partial charge in [-0.05, 0) is 56.0 Å². The van der Waals surface area contributed by atoms with Crippen molar-refractivity contribution in [1.29, 1.82) is 0 Å². The van der Waals surface area contributed by atoms with Crippen LogP contribution in [-0.2, 0) is 22.6 Å². The number of rotatable bonds is 8. The van der Waals surface area contributed by atoms with Crippen molar-refractivity contribution in [2.75, 3.05) is 6.61 Å². The maximum atomic E-state index is 13.2. The van der Waals surface area contributed by atoms with Crippen molar-refractivity contribution in [3.05, 3.63) is 87.5 Å². The van der Waals surface area contributed by atoms with Crippen LogP contribution in [0.3, 0.4) is 0 Å². The predicted molar refractivity (Wildman–Crippen MR) is 158 cm³/mol. The fourth-order valence-corrected chi connectivity index (χ4v) is 5.40. The van der Waals surface area contributed by atoms with Gasteiger partial charge in [-0.3, -0.25) is 4.79 Å². The number of aromatic hydroxyl groups is 2. The molecule has 2 aromatic carbocycles. The summed E-state index contributed by atoms with van der Waals surface area (Å²) in [7, 11) is 0. The van der Waals surface area contributed by atoms with E-state index in [9.17, 15) is 30.0 Å². The number of phenols is 2. The van der Waals surface area contributed by atoms with E-state index in [0.717, 1.165) is 11.6 Å². The molecule has 0 fully saturated rings. The molecule has 3 aromatic rings. The molecule has 5 rings (SSSR count). The number of nitrogens with one attached hydrogen (secondary N) is 1. The summed E-state index contributed by atoms with van der Waals surface area (Å²) in [5, 5.41) is 44.1. The van der Waals surface area contributed by atoms with Crippen LogP contribution in [0.15, 0.2) is 75.1 Å². The lowest BCUT2D eigenvalue weighted by Crippen LogP contribution is -2.51. The Morgan fingerprint density at radius 1 is 1.26 bits per heavy atom. The molecule has 7 N–H and O–H groups in total. The molecule has 0 amide bonds. The molecule has 226 valence electrons. The lowest BCUT2D eigenvalue weighted by molar-refractivity contribution is -0.159. The molecule has 1 aromatic heterocycles. The average Bonchev–Trinajstić information content (AvgIpc) is 2.98. The summed E-state index contributed by atoms with van der Waals surface area (Å²) in [6, 6.07) is 7.35. The third kappa shape index (κ3) is 5.74. The molecule has 3 unspecified atom stereocenters. The largest absolute Gasteiger partial charge is 0.508 e. The molecular weight excluding hydrogens is 556 g/mol. The van der Waals surface area contributed by atoms with Gasteiger partial charge in [-0.25, -0.2) is 4.79 Å². The lowest BCUT2D eigenvalue weighted by atomic mass is 9.82. The minimum absolute atomic E-state index is 0.0201. The smallest absolute Gasteiger partial charge is 0.336 e. The predicted octanol–water partition coefficient (Wildman–Crippen LogP) is 3.02. The van der Waals surface area contributed by atoms with E-state index in [1.807, 2.05) is 12.2 Å². The van der Waals surface area contributed by atoms with Crippen LogP contribution in [0.4, 0.5) is 0 Å². The Labute approximate surface area is 247 Å². The normalized spacial score (nSPS) is 21.5. The number of aliphatic hydroxyl groups excluding tert-OH is 2. The molecule has 43 heavy (non-hydrogen) atoms. The van der Waals surface area contributed by atoms with E-state index >= 15 is 0 Å². The maximum absolute atomic E-state index is 13.2. The summed E-state index contributed by atoms with van der Waals surface area (Å²) in [5.74, 6) is -1.03. The summed E-state index contributed by atoms with van der Waals surface area (Å²) >= 11 is 0. The van der Waals surface area contributed by atoms with Crippen LogP contribution in [0.5, 0.6) is 17.2 Å². The molecule has 3 atom stereocenters. The first-order valence-electron chi connectivity index (χ1n) is 13.9. The number of carbonyl (C=O) groups excluding carboxylic acids is 1. The molecule has 11 heteroatoms. The Kier molecular flexibility index (Phi) is 8.32. The number of nitrogens with two attached hydrogens (primary N) is 1. The first-order chi connectivity index (χ1) is 20.6. The highest BCUT2D eigenvalue weighted by Gasteiger charge is 2.46. The van der Waals surface area contributed by atoms with Gasteiger partial charge in [0.15, 0.2) is 11.0 Å². The Hall–Kier alpha value is -4.58. The summed E-state index contributed by atoms with van der Waals surface area (Å²) in [5.41, 5.74) is 6.01. The SMILES string of the molecule is CC=C(CO)C(=O)OC1Cc2c(c(-c3cccc(O)c3)c3oc(CO)cc(=O)c3c2O)OC1(C)CCC1=CNC(N)C=C1. The Bertz CT molecular complexity index is 1720. The van der Waals surface area contributed by atoms with Gasteiger partial charge in [0.1, 0.15) is 46.7 Å². The zero-order valence-electron chi connectivity index (χ0n) is 23.8. The average molecular weight is 591 g/mol. The van der Waals surface area contributed by atoms with E-state index in [-0.39, 0.29) is 57.5 Å². The highest BCUT2D eigenvalue weighted by atomic mass is 16.6. The second kappa shape index (κ2) is 12.0. The lowest BCUT2D eigenvalue weighted by Gasteiger charge is -2.43. The van der Waals surface area contributed by atoms with E-state index in [4.69, 9.17) is 19.6 Å². The van der Waals surface area contributed by atoms with Gasteiger partial charge < -0.3 is 45.4 Å². The molecule has 2 aliphatic heterocycles. The first kappa shape index (κ1) is 29.9. The fraction of sp³-hybridized carbons (Fsp3) is 0.312. The molecule has 3 heterocycles. The minimum Gasteiger partial charge on any atom is -0.508 e. The van der Waals surface area contributed by atoms with Crippen molar-refractivity contribution < 1.29 is 39.1 Å². The van der Waals surface area contributed by atoms with E-state index in [2.05, 4.69) is 5.32 Å². The Morgan fingerprint density at radius 3 is 2.70 bits per heavy atom. The van der Waals surface area contributed by atoms with Crippen molar-refractivity contribution in [3.63, 3.8) is 0 Å². The number of esters is 1. The number of aliphatic hydroxyl groups is 2. The second-order valence-electron chi connectivity index (χ2n) is 10.8. The zero-order chi connectivity index (χ0) is 30.9. The van der Waals surface area contributed by atoms with Crippen molar-refractivity contribution in [2.45, 2.75) is 57.6 Å². The number of carbonyl (C=O) groups is 1. The van der Waals surface area contributed by atoms with Gasteiger partial charge in [-0.2, -0.15) is 0 Å². The number of allylic oxidation sites excluding steroid dienone is 3. The topological polar surface area (TPSA) is 185 Å². The highest BCUT2D eigenvalue weighted by molar-refractivity contribution is 6.01. The van der Waals surface area contributed by atoms with Gasteiger partial charge >= 0.3 is 5.97 Å². The third-order valence-electron chi connectivity index (χ3n) is 7.87. The van der Waals surface area contributed by atoms with Crippen molar-refractivity contribution in [1.82, 2.24) is 5.32 Å². The Morgan fingerprint density at radius 2 is 2.05 bits per heavy atom. The summed E-state index contributed by atoms with van der Waals surface area (Å²) in [6.07, 6.45) is 6.54. The van der Waals surface area contributed by atoms with Crippen LogP contribution in [0.2, 0.25) is 0 Å². The van der Waals surface area contributed by atoms with Gasteiger partial charge in [-0.15, -0.1) is 0 Å². The van der Waals surface area contributed by atoms with Crippen molar-refractivity contribution >= 4 is 16.9 Å². The molecule has 0 bridgehead atoms. The van der Waals surface area contributed by atoms with E-state index in [1.54, 1.807) is 32.2 Å². The van der Waals surface area contributed by atoms with Crippen LogP contribution in [-0.4, -0.2) is 50.9 Å². The highest BCUT2D eigenvalue weighted by Crippen LogP contribution is 2.51. The minimum atomic E-state index is -1.17. The van der Waals surface area contributed by atoms with Gasteiger partial charge in [0.2, 0.25) is 0 Å². The number of phenolic OH excluding ortho intramolecular Hbond substituents is 2. The van der Waals surface area contributed by atoms with Crippen LogP contribution in [0, 0.1) is 0 Å². The second-order valence-corrected chi connectivity index (χ2v) is 10.8. The van der Waals surface area contributed by atoms with Gasteiger partial charge in [0.25, 0.3) is 0 Å². The molecule has 0 saturated heterocycles. The first-order valence-corrected chi connectivity index (χ1v) is 13.9. The number of fused-ring (bicyclic) bond motifs is 2. The number of dihydropyridines is 1. The van der Waals surface area contributed by atoms with Gasteiger partial charge in [0.05, 0.1) is 23.9 Å². The van der Waals surface area contributed by atoms with Gasteiger partial charge in [0, 0.05) is 24.3 Å². The molecule has 0 saturated carbocycles. The monoisotopic (exact) mass is 590 g/mol. The molecule has 0 aliphatic carbocycles. The van der Waals surface area contributed by atoms with Crippen molar-refractivity contribution in [3.8, 4) is 28.4 Å². The third-order valence-corrected chi connectivity index (χ3v) is 7.87. The van der Waals surface area contributed by atoms with Crippen LogP contribution in [0.25, 0.3) is 22.1 Å². The summed E-state index contributed by atoms with van der Waals surface area (Å²) in [4.78, 5) is 26.2. The van der Waals surface area contributed by atoms with Gasteiger partial charge in [-0.1, -0.05) is 24.3 Å². The zero-order valence-corrected chi connectivity index (χ0v) is 23.8. The summed E-state index contributed by atoms with van der Waals surface area (Å²) < 4.78 is 18.5. The molecule has 0 radical (unpaired) electrons. The standard InChI is InChI=1S/C32H34N2O9/c1-3-18(15-35)31(40)42-24-13-22-28(39)27-23(38)12-21(16-36)41-30(27)26(19-5-4-6-20(37)11-19)29(22)43-32(24,2)10-9-17-7-8-25(33)34-14-17/h3-8,11-12,14,24-25,34-37,39H,9-10,13,15-16,33H2,1-2H3. The number of ether oxygens (including phenoxy) is 2. The van der Waals surface area contributed by atoms with Crippen molar-refractivity contribution in [2.24, 2.45) is 5.73 Å². The summed E-state index contributed by atoms with van der Waals surface area (Å²) in [6.45, 7) is 2.31. The van der Waals surface area contributed by atoms with E-state index in [0.29, 0.717) is 18.4 Å². The van der Waals surface area contributed by atoms with Crippen LogP contribution in [0.1, 0.15) is 38.0 Å². The number of hydrogen-bond donors (Lipinski definition) is 6. The molecule has 0 spiro atoms. The van der Waals surface area contributed by atoms with E-state index < -0.39 is 42.1 Å². The molecule has 11 nitrogen and oxygen atoms in total. The van der Waals surface area contributed by atoms with Crippen LogP contribution >= 0.6 is 0 Å². The number of benzene rings is 2. The van der Waals surface area contributed by atoms with E-state index in [1.165, 1.54) is 18.2 Å².